The molecule has 2 unspecified atom stereocenters. The molecular weight excluding hydrogens is 767 g/mol. The summed E-state index contributed by atoms with van der Waals surface area (Å²) >= 11 is 0. The van der Waals surface area contributed by atoms with Gasteiger partial charge in [-0.15, -0.1) is 0 Å². The highest BCUT2D eigenvalue weighted by atomic mass is 16.5. The first-order valence-electron chi connectivity index (χ1n) is 27.6. The van der Waals surface area contributed by atoms with Crippen LogP contribution in [0.4, 0.5) is 0 Å². The van der Waals surface area contributed by atoms with Gasteiger partial charge in [-0.25, -0.2) is 0 Å². The monoisotopic (exact) mass is 874 g/mol. The number of hydrogen-bond acceptors (Lipinski definition) is 5. The van der Waals surface area contributed by atoms with Gasteiger partial charge in [0, 0.05) is 12.8 Å². The fourth-order valence-electron chi connectivity index (χ4n) is 8.45. The van der Waals surface area contributed by atoms with Crippen molar-refractivity contribution in [1.29, 1.82) is 0 Å². The SMILES string of the molecule is CCCCCCCC/C=C\CCCCCCCCCC(=O)OCCCCCCCC/C=C\CCCCCC(=O)NC(CO)C(O)CCCCCCCCCCCCCCCCC. The van der Waals surface area contributed by atoms with Crippen molar-refractivity contribution in [2.45, 2.75) is 309 Å². The van der Waals surface area contributed by atoms with Crippen LogP contribution in [0.5, 0.6) is 0 Å². The predicted octanol–water partition coefficient (Wildman–Crippen LogP) is 16.7. The van der Waals surface area contributed by atoms with Gasteiger partial charge in [0.1, 0.15) is 0 Å². The third kappa shape index (κ3) is 47.8. The van der Waals surface area contributed by atoms with Gasteiger partial charge in [0.25, 0.3) is 0 Å². The molecule has 0 bridgehead atoms. The zero-order chi connectivity index (χ0) is 45.1. The minimum absolute atomic E-state index is 0.0157. The maximum absolute atomic E-state index is 12.4. The molecule has 0 heterocycles. The average molecular weight is 874 g/mol. The van der Waals surface area contributed by atoms with Crippen molar-refractivity contribution >= 4 is 11.9 Å². The molecule has 0 saturated carbocycles. The van der Waals surface area contributed by atoms with E-state index in [4.69, 9.17) is 4.74 Å². The Balaban J connectivity index is 3.48. The van der Waals surface area contributed by atoms with Crippen LogP contribution < -0.4 is 5.32 Å². The molecule has 0 aliphatic carbocycles. The Hall–Kier alpha value is -1.66. The molecule has 0 aromatic rings. The van der Waals surface area contributed by atoms with Crippen LogP contribution in [0.1, 0.15) is 296 Å². The Kier molecular flexibility index (Phi) is 50.6. The van der Waals surface area contributed by atoms with E-state index in [9.17, 15) is 19.8 Å². The molecule has 0 spiro atoms. The number of ether oxygens (including phenoxy) is 1. The highest BCUT2D eigenvalue weighted by Crippen LogP contribution is 2.16. The molecule has 0 radical (unpaired) electrons. The topological polar surface area (TPSA) is 95.9 Å². The van der Waals surface area contributed by atoms with Crippen LogP contribution in [0.15, 0.2) is 24.3 Å². The van der Waals surface area contributed by atoms with Gasteiger partial charge in [-0.3, -0.25) is 9.59 Å². The minimum Gasteiger partial charge on any atom is -0.466 e. The average Bonchev–Trinajstić information content (AvgIpc) is 3.27. The predicted molar refractivity (Wildman–Crippen MR) is 269 cm³/mol. The number of nitrogens with one attached hydrogen (secondary N) is 1. The summed E-state index contributed by atoms with van der Waals surface area (Å²) < 4.78 is 5.47. The number of unbranched alkanes of at least 4 members (excludes halogenated alkanes) is 36. The summed E-state index contributed by atoms with van der Waals surface area (Å²) in [7, 11) is 0. The largest absolute Gasteiger partial charge is 0.466 e. The van der Waals surface area contributed by atoms with Gasteiger partial charge in [0.05, 0.1) is 25.4 Å². The second-order valence-electron chi connectivity index (χ2n) is 18.9. The Bertz CT molecular complexity index is 966. The van der Waals surface area contributed by atoms with Crippen LogP contribution in [-0.2, 0) is 14.3 Å². The third-order valence-corrected chi connectivity index (χ3v) is 12.7. The minimum atomic E-state index is -0.681. The number of aliphatic hydroxyl groups excluding tert-OH is 2. The summed E-state index contributed by atoms with van der Waals surface area (Å²) in [6.45, 7) is 4.91. The molecule has 0 aliphatic rings. The zero-order valence-electron chi connectivity index (χ0n) is 41.6. The molecule has 6 heteroatoms. The van der Waals surface area contributed by atoms with Crippen molar-refractivity contribution in [2.24, 2.45) is 0 Å². The molecule has 0 aliphatic heterocycles. The summed E-state index contributed by atoms with van der Waals surface area (Å²) in [6.07, 6.45) is 61.5. The lowest BCUT2D eigenvalue weighted by atomic mass is 10.0. The Labute approximate surface area is 386 Å². The number of allylic oxidation sites excluding steroid dienone is 4. The van der Waals surface area contributed by atoms with E-state index in [0.29, 0.717) is 25.9 Å². The fraction of sp³-hybridized carbons (Fsp3) is 0.893. The number of carbonyl (C=O) groups is 2. The van der Waals surface area contributed by atoms with Gasteiger partial charge < -0.3 is 20.3 Å². The van der Waals surface area contributed by atoms with Gasteiger partial charge in [0.2, 0.25) is 5.91 Å². The van der Waals surface area contributed by atoms with Crippen LogP contribution in [0.25, 0.3) is 0 Å². The Morgan fingerprint density at radius 3 is 1.16 bits per heavy atom. The molecule has 3 N–H and O–H groups in total. The van der Waals surface area contributed by atoms with Crippen molar-refractivity contribution in [1.82, 2.24) is 5.32 Å². The molecular formula is C56H107NO5. The highest BCUT2D eigenvalue weighted by molar-refractivity contribution is 5.76. The van der Waals surface area contributed by atoms with Gasteiger partial charge in [-0.1, -0.05) is 231 Å². The molecule has 0 saturated heterocycles. The lowest BCUT2D eigenvalue weighted by Crippen LogP contribution is -2.45. The molecule has 0 aromatic heterocycles. The maximum atomic E-state index is 12.4. The third-order valence-electron chi connectivity index (χ3n) is 12.7. The first-order valence-corrected chi connectivity index (χ1v) is 27.6. The van der Waals surface area contributed by atoms with E-state index in [2.05, 4.69) is 43.5 Å². The van der Waals surface area contributed by atoms with Crippen molar-refractivity contribution < 1.29 is 24.5 Å². The van der Waals surface area contributed by atoms with Crippen LogP contribution >= 0.6 is 0 Å². The van der Waals surface area contributed by atoms with E-state index < -0.39 is 12.1 Å². The summed E-state index contributed by atoms with van der Waals surface area (Å²) in [5.74, 6) is -0.0799. The van der Waals surface area contributed by atoms with Crippen LogP contribution in [0, 0.1) is 0 Å². The lowest BCUT2D eigenvalue weighted by Gasteiger charge is -2.22. The number of carbonyl (C=O) groups excluding carboxylic acids is 2. The number of amides is 1. The molecule has 366 valence electrons. The Morgan fingerprint density at radius 2 is 0.758 bits per heavy atom. The second kappa shape index (κ2) is 52.0. The van der Waals surface area contributed by atoms with Crippen molar-refractivity contribution in [3.8, 4) is 0 Å². The van der Waals surface area contributed by atoms with E-state index in [-0.39, 0.29) is 18.5 Å². The lowest BCUT2D eigenvalue weighted by molar-refractivity contribution is -0.143. The molecule has 0 rings (SSSR count). The summed E-state index contributed by atoms with van der Waals surface area (Å²) in [5, 5.41) is 23.2. The number of aliphatic hydroxyl groups is 2. The summed E-state index contributed by atoms with van der Waals surface area (Å²) in [6, 6.07) is -0.561. The Morgan fingerprint density at radius 1 is 0.435 bits per heavy atom. The number of hydrogen-bond donors (Lipinski definition) is 3. The normalized spacial score (nSPS) is 12.8. The molecule has 0 aromatic carbocycles. The van der Waals surface area contributed by atoms with Gasteiger partial charge in [-0.05, 0) is 77.0 Å². The molecule has 1 amide bonds. The van der Waals surface area contributed by atoms with Gasteiger partial charge >= 0.3 is 5.97 Å². The second-order valence-corrected chi connectivity index (χ2v) is 18.9. The first kappa shape index (κ1) is 60.3. The van der Waals surface area contributed by atoms with Crippen molar-refractivity contribution in [2.75, 3.05) is 13.2 Å². The van der Waals surface area contributed by atoms with E-state index in [0.717, 1.165) is 70.6 Å². The highest BCUT2D eigenvalue weighted by Gasteiger charge is 2.20. The van der Waals surface area contributed by atoms with Crippen LogP contribution in [0.2, 0.25) is 0 Å². The van der Waals surface area contributed by atoms with E-state index in [1.807, 2.05) is 0 Å². The summed E-state index contributed by atoms with van der Waals surface area (Å²) in [5.41, 5.74) is 0. The standard InChI is InChI=1S/C56H107NO5/c1-3-5-7-9-11-13-15-17-19-20-22-26-30-34-38-42-46-50-56(61)62-51-47-43-39-35-31-27-23-25-29-33-37-41-45-49-55(60)57-53(52-58)54(59)48-44-40-36-32-28-24-21-18-16-14-12-10-8-6-4-2/h17,19,25,29,53-54,58-59H,3-16,18,20-24,26-28,30-52H2,1-2H3,(H,57,60)/b19-17-,29-25-. The van der Waals surface area contributed by atoms with Crippen molar-refractivity contribution in [3.05, 3.63) is 24.3 Å². The van der Waals surface area contributed by atoms with Gasteiger partial charge in [0.15, 0.2) is 0 Å². The number of esters is 1. The molecule has 0 fully saturated rings. The van der Waals surface area contributed by atoms with Crippen molar-refractivity contribution in [3.63, 3.8) is 0 Å². The van der Waals surface area contributed by atoms with E-state index in [1.165, 1.54) is 193 Å². The van der Waals surface area contributed by atoms with Gasteiger partial charge in [-0.2, -0.15) is 0 Å². The maximum Gasteiger partial charge on any atom is 0.305 e. The smallest absolute Gasteiger partial charge is 0.305 e. The van der Waals surface area contributed by atoms with E-state index >= 15 is 0 Å². The first-order chi connectivity index (χ1) is 30.5. The van der Waals surface area contributed by atoms with E-state index in [1.54, 1.807) is 0 Å². The fourth-order valence-corrected chi connectivity index (χ4v) is 8.45. The van der Waals surface area contributed by atoms with Crippen LogP contribution in [0.3, 0.4) is 0 Å². The van der Waals surface area contributed by atoms with Crippen LogP contribution in [-0.4, -0.2) is 47.4 Å². The number of rotatable bonds is 51. The molecule has 62 heavy (non-hydrogen) atoms. The summed E-state index contributed by atoms with van der Waals surface area (Å²) in [4.78, 5) is 24.5. The molecule has 6 nitrogen and oxygen atoms in total. The molecule has 2 atom stereocenters. The quantitative estimate of drug-likeness (QED) is 0.0321. The zero-order valence-corrected chi connectivity index (χ0v) is 41.6.